The molecule has 2 saturated carbocycles. The zero-order valence-electron chi connectivity index (χ0n) is 8.08. The summed E-state index contributed by atoms with van der Waals surface area (Å²) >= 11 is 0. The van der Waals surface area contributed by atoms with Gasteiger partial charge in [-0.25, -0.2) is 0 Å². The van der Waals surface area contributed by atoms with Gasteiger partial charge in [0.05, 0.1) is 0 Å². The minimum Gasteiger partial charge on any atom is -0.339 e. The van der Waals surface area contributed by atoms with E-state index in [2.05, 4.69) is 24.0 Å². The first-order valence-corrected chi connectivity index (χ1v) is 5.00. The summed E-state index contributed by atoms with van der Waals surface area (Å²) in [6, 6.07) is 0. The maximum absolute atomic E-state index is 5.22. The Labute approximate surface area is 77.5 Å². The molecule has 0 bridgehead atoms. The molecule has 0 aromatic carbocycles. The van der Waals surface area contributed by atoms with Crippen LogP contribution in [-0.4, -0.2) is 10.1 Å². The second-order valence-corrected chi connectivity index (χ2v) is 5.01. The first-order valence-electron chi connectivity index (χ1n) is 5.00. The molecule has 13 heavy (non-hydrogen) atoms. The molecule has 3 heteroatoms. The molecule has 0 amide bonds. The summed E-state index contributed by atoms with van der Waals surface area (Å²) in [5, 5.41) is 4.05. The molecule has 1 aromatic rings. The van der Waals surface area contributed by atoms with Crippen molar-refractivity contribution in [2.45, 2.75) is 44.9 Å². The van der Waals surface area contributed by atoms with Crippen molar-refractivity contribution in [1.82, 2.24) is 10.1 Å². The van der Waals surface area contributed by atoms with Crippen LogP contribution < -0.4 is 0 Å². The predicted octanol–water partition coefficient (Wildman–Crippen LogP) is 2.46. The fourth-order valence-corrected chi connectivity index (χ4v) is 1.79. The number of hydrogen-bond acceptors (Lipinski definition) is 3. The smallest absolute Gasteiger partial charge is 0.229 e. The van der Waals surface area contributed by atoms with Gasteiger partial charge < -0.3 is 4.52 Å². The summed E-state index contributed by atoms with van der Waals surface area (Å²) in [5.41, 5.74) is 0.407. The molecule has 0 N–H and O–H groups in total. The highest BCUT2D eigenvalue weighted by atomic mass is 16.5. The van der Waals surface area contributed by atoms with E-state index >= 15 is 0 Å². The quantitative estimate of drug-likeness (QED) is 0.698. The van der Waals surface area contributed by atoms with E-state index in [0.29, 0.717) is 17.3 Å². The van der Waals surface area contributed by atoms with Crippen LogP contribution in [0.25, 0.3) is 0 Å². The summed E-state index contributed by atoms with van der Waals surface area (Å²) in [4.78, 5) is 4.45. The first kappa shape index (κ1) is 7.54. The number of nitrogens with zero attached hydrogens (tertiary/aromatic N) is 2. The van der Waals surface area contributed by atoms with Gasteiger partial charge in [-0.15, -0.1) is 0 Å². The van der Waals surface area contributed by atoms with Gasteiger partial charge in [-0.2, -0.15) is 4.98 Å². The number of hydrogen-bond donors (Lipinski definition) is 0. The Morgan fingerprint density at radius 3 is 2.62 bits per heavy atom. The maximum atomic E-state index is 5.22. The van der Waals surface area contributed by atoms with Crippen molar-refractivity contribution in [3.8, 4) is 0 Å². The third-order valence-corrected chi connectivity index (χ3v) is 3.21. The lowest BCUT2D eigenvalue weighted by Crippen LogP contribution is -1.92. The van der Waals surface area contributed by atoms with Crippen LogP contribution in [0.4, 0.5) is 0 Å². The fourth-order valence-electron chi connectivity index (χ4n) is 1.79. The third kappa shape index (κ3) is 1.18. The van der Waals surface area contributed by atoms with Gasteiger partial charge in [0.15, 0.2) is 5.82 Å². The Morgan fingerprint density at radius 2 is 2.08 bits per heavy atom. The molecule has 0 aliphatic heterocycles. The molecule has 2 fully saturated rings. The Balaban J connectivity index is 1.82. The molecule has 3 rings (SSSR count). The average Bonchev–Trinajstić information content (AvgIpc) is 2.95. The third-order valence-electron chi connectivity index (χ3n) is 3.21. The normalized spacial score (nSPS) is 30.5. The van der Waals surface area contributed by atoms with E-state index in [1.807, 2.05) is 0 Å². The molecular formula is C10H14N2O. The van der Waals surface area contributed by atoms with Gasteiger partial charge in [-0.3, -0.25) is 0 Å². The Kier molecular flexibility index (Phi) is 1.24. The highest BCUT2D eigenvalue weighted by Crippen LogP contribution is 2.57. The van der Waals surface area contributed by atoms with Crippen LogP contribution in [0.2, 0.25) is 0 Å². The SMILES string of the molecule is CC1(C)CC1c1noc(C2CC2)n1. The van der Waals surface area contributed by atoms with Gasteiger partial charge >= 0.3 is 0 Å². The molecule has 2 aliphatic rings. The standard InChI is InChI=1S/C10H14N2O/c1-10(2)5-7(10)8-11-9(13-12-8)6-3-4-6/h6-7H,3-5H2,1-2H3. The molecule has 0 radical (unpaired) electrons. The van der Waals surface area contributed by atoms with Crippen molar-refractivity contribution in [1.29, 1.82) is 0 Å². The average molecular weight is 178 g/mol. The van der Waals surface area contributed by atoms with Crippen LogP contribution in [0.3, 0.4) is 0 Å². The van der Waals surface area contributed by atoms with Gasteiger partial charge in [0, 0.05) is 11.8 Å². The van der Waals surface area contributed by atoms with E-state index in [-0.39, 0.29) is 0 Å². The highest BCUT2D eigenvalue weighted by molar-refractivity contribution is 5.15. The monoisotopic (exact) mass is 178 g/mol. The Bertz CT molecular complexity index is 338. The summed E-state index contributed by atoms with van der Waals surface area (Å²) < 4.78 is 5.22. The number of rotatable bonds is 2. The lowest BCUT2D eigenvalue weighted by Gasteiger charge is -1.95. The van der Waals surface area contributed by atoms with Crippen molar-refractivity contribution < 1.29 is 4.52 Å². The van der Waals surface area contributed by atoms with Crippen LogP contribution in [0, 0.1) is 5.41 Å². The number of aromatic nitrogens is 2. The van der Waals surface area contributed by atoms with Crippen molar-refractivity contribution in [2.75, 3.05) is 0 Å². The molecule has 3 nitrogen and oxygen atoms in total. The predicted molar refractivity (Wildman–Crippen MR) is 47.4 cm³/mol. The fraction of sp³-hybridized carbons (Fsp3) is 0.800. The Morgan fingerprint density at radius 1 is 1.38 bits per heavy atom. The lowest BCUT2D eigenvalue weighted by molar-refractivity contribution is 0.372. The first-order chi connectivity index (χ1) is 6.17. The van der Waals surface area contributed by atoms with E-state index < -0.39 is 0 Å². The van der Waals surface area contributed by atoms with E-state index in [1.54, 1.807) is 0 Å². The highest BCUT2D eigenvalue weighted by Gasteiger charge is 2.49. The summed E-state index contributed by atoms with van der Waals surface area (Å²) in [6.07, 6.45) is 3.67. The molecule has 70 valence electrons. The topological polar surface area (TPSA) is 38.9 Å². The molecule has 1 aromatic heterocycles. The van der Waals surface area contributed by atoms with Crippen LogP contribution in [-0.2, 0) is 0 Å². The second kappa shape index (κ2) is 2.14. The van der Waals surface area contributed by atoms with Crippen LogP contribution in [0.1, 0.15) is 56.7 Å². The second-order valence-electron chi connectivity index (χ2n) is 5.01. The van der Waals surface area contributed by atoms with Gasteiger partial charge in [-0.1, -0.05) is 19.0 Å². The van der Waals surface area contributed by atoms with Crippen LogP contribution in [0.5, 0.6) is 0 Å². The van der Waals surface area contributed by atoms with E-state index in [0.717, 1.165) is 11.7 Å². The van der Waals surface area contributed by atoms with E-state index in [1.165, 1.54) is 19.3 Å². The van der Waals surface area contributed by atoms with Crippen molar-refractivity contribution in [2.24, 2.45) is 5.41 Å². The molecule has 1 unspecified atom stereocenters. The Hall–Kier alpha value is -0.860. The molecule has 0 saturated heterocycles. The van der Waals surface area contributed by atoms with Crippen molar-refractivity contribution in [3.05, 3.63) is 11.7 Å². The zero-order chi connectivity index (χ0) is 9.05. The largest absolute Gasteiger partial charge is 0.339 e. The molecule has 1 heterocycles. The zero-order valence-corrected chi connectivity index (χ0v) is 8.08. The lowest BCUT2D eigenvalue weighted by atomic mass is 10.1. The maximum Gasteiger partial charge on any atom is 0.229 e. The van der Waals surface area contributed by atoms with Gasteiger partial charge in [0.25, 0.3) is 0 Å². The molecule has 1 atom stereocenters. The minimum atomic E-state index is 0.407. The molecule has 0 spiro atoms. The van der Waals surface area contributed by atoms with Crippen LogP contribution in [0.15, 0.2) is 4.52 Å². The molecule has 2 aliphatic carbocycles. The van der Waals surface area contributed by atoms with Gasteiger partial charge in [-0.05, 0) is 24.7 Å². The molecular weight excluding hydrogens is 164 g/mol. The van der Waals surface area contributed by atoms with Crippen LogP contribution >= 0.6 is 0 Å². The van der Waals surface area contributed by atoms with Crippen molar-refractivity contribution >= 4 is 0 Å². The summed E-state index contributed by atoms with van der Waals surface area (Å²) in [7, 11) is 0. The van der Waals surface area contributed by atoms with Gasteiger partial charge in [0.1, 0.15) is 0 Å². The van der Waals surface area contributed by atoms with E-state index in [9.17, 15) is 0 Å². The van der Waals surface area contributed by atoms with E-state index in [4.69, 9.17) is 4.52 Å². The van der Waals surface area contributed by atoms with Crippen molar-refractivity contribution in [3.63, 3.8) is 0 Å². The minimum absolute atomic E-state index is 0.407. The van der Waals surface area contributed by atoms with Gasteiger partial charge in [0.2, 0.25) is 5.89 Å². The summed E-state index contributed by atoms with van der Waals surface area (Å²) in [5.74, 6) is 2.94. The summed E-state index contributed by atoms with van der Waals surface area (Å²) in [6.45, 7) is 4.51.